The van der Waals surface area contributed by atoms with Crippen molar-refractivity contribution in [2.75, 3.05) is 13.1 Å². The van der Waals surface area contributed by atoms with Gasteiger partial charge < -0.3 is 21.3 Å². The van der Waals surface area contributed by atoms with Crippen LogP contribution in [0.2, 0.25) is 0 Å². The molecule has 1 heterocycles. The van der Waals surface area contributed by atoms with Crippen LogP contribution in [0.3, 0.4) is 0 Å². The summed E-state index contributed by atoms with van der Waals surface area (Å²) in [5, 5.41) is 18.9. The van der Waals surface area contributed by atoms with Gasteiger partial charge in [-0.15, -0.1) is 0 Å². The molecule has 0 aromatic carbocycles. The fraction of sp³-hybridized carbons (Fsp3) is 0.750. The maximum Gasteiger partial charge on any atom is 0.303 e. The van der Waals surface area contributed by atoms with Crippen LogP contribution in [0.4, 0.5) is 0 Å². The minimum absolute atomic E-state index is 0.296. The van der Waals surface area contributed by atoms with Crippen molar-refractivity contribution < 1.29 is 19.8 Å². The Bertz CT molecular complexity index is 176. The lowest BCUT2D eigenvalue weighted by molar-refractivity contribution is -0.143. The monoisotopic (exact) mass is 204 g/mol. The van der Waals surface area contributed by atoms with Crippen LogP contribution in [0.25, 0.3) is 0 Å². The highest BCUT2D eigenvalue weighted by molar-refractivity contribution is 5.75. The Morgan fingerprint density at radius 2 is 1.79 bits per heavy atom. The smallest absolute Gasteiger partial charge is 0.303 e. The number of carboxylic acid groups (broad SMARTS) is 2. The Hall–Kier alpha value is -1.14. The van der Waals surface area contributed by atoms with Crippen LogP contribution in [-0.4, -0.2) is 41.3 Å². The summed E-state index contributed by atoms with van der Waals surface area (Å²) in [4.78, 5) is 19.3. The van der Waals surface area contributed by atoms with Gasteiger partial charge in [-0.3, -0.25) is 9.59 Å². The quantitative estimate of drug-likeness (QED) is 0.481. The molecule has 1 rings (SSSR count). The summed E-state index contributed by atoms with van der Waals surface area (Å²) in [5.41, 5.74) is 5.47. The van der Waals surface area contributed by atoms with E-state index in [-0.39, 0.29) is 12.8 Å². The zero-order valence-corrected chi connectivity index (χ0v) is 7.90. The summed E-state index contributed by atoms with van der Waals surface area (Å²) in [5.74, 6) is -2.15. The van der Waals surface area contributed by atoms with Crippen molar-refractivity contribution in [2.24, 2.45) is 5.73 Å². The second-order valence-electron chi connectivity index (χ2n) is 3.04. The number of carboxylic acids is 2. The first-order valence-electron chi connectivity index (χ1n) is 4.42. The fourth-order valence-corrected chi connectivity index (χ4v) is 0.891. The van der Waals surface area contributed by atoms with Gasteiger partial charge in [0.15, 0.2) is 0 Å². The normalized spacial score (nSPS) is 19.6. The van der Waals surface area contributed by atoms with Gasteiger partial charge in [-0.2, -0.15) is 0 Å². The maximum atomic E-state index is 9.64. The van der Waals surface area contributed by atoms with Crippen molar-refractivity contribution in [1.29, 1.82) is 0 Å². The van der Waals surface area contributed by atoms with Gasteiger partial charge in [-0.25, -0.2) is 0 Å². The molecule has 0 amide bonds. The van der Waals surface area contributed by atoms with Crippen LogP contribution < -0.4 is 11.1 Å². The molecule has 6 heteroatoms. The molecule has 6 nitrogen and oxygen atoms in total. The molecule has 1 fully saturated rings. The summed E-state index contributed by atoms with van der Waals surface area (Å²) in [7, 11) is 0. The predicted molar refractivity (Wildman–Crippen MR) is 50.0 cm³/mol. The van der Waals surface area contributed by atoms with Crippen molar-refractivity contribution in [3.63, 3.8) is 0 Å². The van der Waals surface area contributed by atoms with Gasteiger partial charge in [-0.05, 0) is 13.0 Å². The molecular formula is C8H16N2O4. The van der Waals surface area contributed by atoms with E-state index in [1.807, 2.05) is 0 Å². The number of aliphatic carboxylic acids is 2. The van der Waals surface area contributed by atoms with E-state index in [2.05, 4.69) is 5.32 Å². The molecule has 1 aliphatic rings. The van der Waals surface area contributed by atoms with E-state index >= 15 is 0 Å². The van der Waals surface area contributed by atoms with Gasteiger partial charge in [0.1, 0.15) is 0 Å². The molecule has 14 heavy (non-hydrogen) atoms. The van der Waals surface area contributed by atoms with Crippen molar-refractivity contribution in [2.45, 2.75) is 25.3 Å². The first-order valence-corrected chi connectivity index (χ1v) is 4.42. The highest BCUT2D eigenvalue weighted by atomic mass is 16.4. The summed E-state index contributed by atoms with van der Waals surface area (Å²) < 4.78 is 0. The van der Waals surface area contributed by atoms with Crippen molar-refractivity contribution in [1.82, 2.24) is 5.32 Å². The second-order valence-corrected chi connectivity index (χ2v) is 3.04. The first-order chi connectivity index (χ1) is 6.52. The third-order valence-corrected chi connectivity index (χ3v) is 1.65. The molecule has 0 bridgehead atoms. The molecule has 1 unspecified atom stereocenters. The molecule has 0 aromatic rings. The minimum Gasteiger partial charge on any atom is -0.481 e. The van der Waals surface area contributed by atoms with Gasteiger partial charge in [-0.1, -0.05) is 0 Å². The van der Waals surface area contributed by atoms with Crippen LogP contribution in [0, 0.1) is 0 Å². The number of carbonyl (C=O) groups is 2. The fourth-order valence-electron chi connectivity index (χ4n) is 0.891. The van der Waals surface area contributed by atoms with E-state index in [9.17, 15) is 9.59 Å². The zero-order chi connectivity index (χ0) is 11.0. The van der Waals surface area contributed by atoms with Crippen LogP contribution in [0.1, 0.15) is 19.3 Å². The molecule has 82 valence electrons. The van der Waals surface area contributed by atoms with Crippen molar-refractivity contribution >= 4 is 11.9 Å². The number of rotatable bonds is 3. The van der Waals surface area contributed by atoms with Crippen LogP contribution in [-0.2, 0) is 9.59 Å². The standard InChI is InChI=1S/C4H10N2.C4H6O4/c5-4-1-2-6-3-4;5-3(6)1-2-4(7)8/h4,6H,1-3,5H2;1-2H2,(H,5,6)(H,7,8). The second kappa shape index (κ2) is 7.28. The zero-order valence-electron chi connectivity index (χ0n) is 7.90. The molecule has 0 radical (unpaired) electrons. The van der Waals surface area contributed by atoms with E-state index in [0.717, 1.165) is 19.5 Å². The molecule has 0 saturated carbocycles. The van der Waals surface area contributed by atoms with Gasteiger partial charge in [0.2, 0.25) is 0 Å². The summed E-state index contributed by atoms with van der Waals surface area (Å²) in [6.07, 6.45) is 0.560. The van der Waals surface area contributed by atoms with Gasteiger partial charge in [0, 0.05) is 12.6 Å². The highest BCUT2D eigenvalue weighted by Crippen LogP contribution is 1.90. The molecule has 5 N–H and O–H groups in total. The minimum atomic E-state index is -1.08. The third-order valence-electron chi connectivity index (χ3n) is 1.65. The van der Waals surface area contributed by atoms with E-state index in [0.29, 0.717) is 6.04 Å². The van der Waals surface area contributed by atoms with Gasteiger partial charge >= 0.3 is 11.9 Å². The number of nitrogens with one attached hydrogen (secondary N) is 1. The lowest BCUT2D eigenvalue weighted by Gasteiger charge is -1.91. The molecule has 1 aliphatic heterocycles. The first kappa shape index (κ1) is 12.9. The molecule has 1 atom stereocenters. The summed E-state index contributed by atoms with van der Waals surface area (Å²) in [6, 6.07) is 0.435. The number of hydrogen-bond donors (Lipinski definition) is 4. The van der Waals surface area contributed by atoms with Gasteiger partial charge in [0.05, 0.1) is 12.8 Å². The molecule has 0 aromatic heterocycles. The Morgan fingerprint density at radius 1 is 1.29 bits per heavy atom. The SMILES string of the molecule is NC1CCNC1.O=C(O)CCC(=O)O. The molecule has 0 spiro atoms. The van der Waals surface area contributed by atoms with E-state index in [1.54, 1.807) is 0 Å². The van der Waals surface area contributed by atoms with E-state index < -0.39 is 11.9 Å². The molecule has 1 saturated heterocycles. The van der Waals surface area contributed by atoms with Crippen molar-refractivity contribution in [3.8, 4) is 0 Å². The Labute approximate surface area is 82.1 Å². The summed E-state index contributed by atoms with van der Waals surface area (Å²) in [6.45, 7) is 2.13. The number of hydrogen-bond acceptors (Lipinski definition) is 4. The van der Waals surface area contributed by atoms with E-state index in [4.69, 9.17) is 15.9 Å². The topological polar surface area (TPSA) is 113 Å². The highest BCUT2D eigenvalue weighted by Gasteiger charge is 2.06. The van der Waals surface area contributed by atoms with Crippen LogP contribution in [0.5, 0.6) is 0 Å². The molecular weight excluding hydrogens is 188 g/mol. The Kier molecular flexibility index (Phi) is 6.69. The average molecular weight is 204 g/mol. The molecule has 0 aliphatic carbocycles. The van der Waals surface area contributed by atoms with Crippen molar-refractivity contribution in [3.05, 3.63) is 0 Å². The Morgan fingerprint density at radius 3 is 1.93 bits per heavy atom. The maximum absolute atomic E-state index is 9.64. The van der Waals surface area contributed by atoms with E-state index in [1.165, 1.54) is 0 Å². The average Bonchev–Trinajstić information content (AvgIpc) is 2.53. The number of nitrogens with two attached hydrogens (primary N) is 1. The third kappa shape index (κ3) is 8.95. The largest absolute Gasteiger partial charge is 0.481 e. The predicted octanol–water partition coefficient (Wildman–Crippen LogP) is -0.757. The summed E-state index contributed by atoms with van der Waals surface area (Å²) >= 11 is 0. The van der Waals surface area contributed by atoms with Gasteiger partial charge in [0.25, 0.3) is 0 Å². The lowest BCUT2D eigenvalue weighted by atomic mass is 10.3. The Balaban J connectivity index is 0.000000249. The van der Waals surface area contributed by atoms with Crippen LogP contribution in [0.15, 0.2) is 0 Å². The lowest BCUT2D eigenvalue weighted by Crippen LogP contribution is -2.21. The van der Waals surface area contributed by atoms with Crippen LogP contribution >= 0.6 is 0 Å².